The van der Waals surface area contributed by atoms with E-state index in [9.17, 15) is 9.59 Å². The van der Waals surface area contributed by atoms with Gasteiger partial charge >= 0.3 is 5.97 Å². The van der Waals surface area contributed by atoms with Crippen molar-refractivity contribution in [3.05, 3.63) is 121 Å². The summed E-state index contributed by atoms with van der Waals surface area (Å²) >= 11 is 1.27. The van der Waals surface area contributed by atoms with Gasteiger partial charge in [0.15, 0.2) is 4.80 Å². The topological polar surface area (TPSA) is 79.1 Å². The third-order valence-corrected chi connectivity index (χ3v) is 6.98. The van der Waals surface area contributed by atoms with E-state index in [1.165, 1.54) is 18.4 Å². The molecule has 5 rings (SSSR count). The molecule has 0 fully saturated rings. The molecule has 186 valence electrons. The number of methoxy groups -OCH3 is 2. The lowest BCUT2D eigenvalue weighted by atomic mass is 9.96. The number of benzene rings is 3. The Morgan fingerprint density at radius 2 is 1.68 bits per heavy atom. The van der Waals surface area contributed by atoms with Crippen molar-refractivity contribution in [3.8, 4) is 17.2 Å². The Balaban J connectivity index is 1.61. The van der Waals surface area contributed by atoms with Gasteiger partial charge in [-0.15, -0.1) is 0 Å². The van der Waals surface area contributed by atoms with Crippen molar-refractivity contribution in [2.75, 3.05) is 14.2 Å². The first-order valence-electron chi connectivity index (χ1n) is 11.6. The number of rotatable bonds is 6. The molecule has 2 heterocycles. The van der Waals surface area contributed by atoms with Crippen molar-refractivity contribution in [1.29, 1.82) is 0 Å². The Kier molecular flexibility index (Phi) is 6.74. The fourth-order valence-corrected chi connectivity index (χ4v) is 5.28. The lowest BCUT2D eigenvalue weighted by molar-refractivity contribution is -0.136. The second kappa shape index (κ2) is 10.3. The van der Waals surface area contributed by atoms with Gasteiger partial charge in [-0.1, -0.05) is 53.8 Å². The van der Waals surface area contributed by atoms with E-state index in [1.807, 2.05) is 72.8 Å². The van der Waals surface area contributed by atoms with Crippen LogP contribution in [0.2, 0.25) is 0 Å². The highest BCUT2D eigenvalue weighted by atomic mass is 32.1. The van der Waals surface area contributed by atoms with Crippen LogP contribution in [0.3, 0.4) is 0 Å². The molecule has 0 unspecified atom stereocenters. The zero-order chi connectivity index (χ0) is 25.9. The highest BCUT2D eigenvalue weighted by molar-refractivity contribution is 7.07. The minimum Gasteiger partial charge on any atom is -0.497 e. The molecule has 0 amide bonds. The average Bonchev–Trinajstić information content (AvgIpc) is 3.22. The minimum atomic E-state index is -0.676. The van der Waals surface area contributed by atoms with Gasteiger partial charge in [0.1, 0.15) is 17.2 Å². The summed E-state index contributed by atoms with van der Waals surface area (Å²) in [6.07, 6.45) is 1.81. The van der Waals surface area contributed by atoms with Crippen molar-refractivity contribution in [2.45, 2.75) is 13.0 Å². The van der Waals surface area contributed by atoms with Gasteiger partial charge in [-0.2, -0.15) is 0 Å². The predicted molar refractivity (Wildman–Crippen MR) is 142 cm³/mol. The maximum atomic E-state index is 13.7. The van der Waals surface area contributed by atoms with Gasteiger partial charge in [0.25, 0.3) is 5.56 Å². The van der Waals surface area contributed by atoms with E-state index in [1.54, 1.807) is 30.7 Å². The molecule has 0 aliphatic carbocycles. The second-order valence-electron chi connectivity index (χ2n) is 8.33. The van der Waals surface area contributed by atoms with Crippen LogP contribution in [-0.4, -0.2) is 24.8 Å². The Bertz CT molecular complexity index is 1670. The molecule has 7 nitrogen and oxygen atoms in total. The van der Waals surface area contributed by atoms with Crippen molar-refractivity contribution in [1.82, 2.24) is 4.57 Å². The number of fused-ring (bicyclic) bond motifs is 1. The number of hydrogen-bond acceptors (Lipinski definition) is 7. The van der Waals surface area contributed by atoms with Crippen LogP contribution in [0.25, 0.3) is 6.08 Å². The number of esters is 1. The number of carbonyl (C=O) groups is 1. The van der Waals surface area contributed by atoms with Crippen LogP contribution in [0.15, 0.2) is 99.9 Å². The molecule has 0 N–H and O–H groups in total. The molecule has 1 aliphatic heterocycles. The Labute approximate surface area is 217 Å². The number of aromatic nitrogens is 1. The maximum absolute atomic E-state index is 13.7. The van der Waals surface area contributed by atoms with Crippen LogP contribution in [-0.2, 0) is 9.53 Å². The van der Waals surface area contributed by atoms with Crippen LogP contribution in [0.4, 0.5) is 0 Å². The highest BCUT2D eigenvalue weighted by Crippen LogP contribution is 2.31. The van der Waals surface area contributed by atoms with Gasteiger partial charge < -0.3 is 14.2 Å². The summed E-state index contributed by atoms with van der Waals surface area (Å²) in [6, 6.07) is 23.6. The number of hydrogen-bond donors (Lipinski definition) is 0. The first-order valence-corrected chi connectivity index (χ1v) is 12.4. The van der Waals surface area contributed by atoms with Crippen molar-refractivity contribution < 1.29 is 19.0 Å². The molecular formula is C29H24N2O5S. The summed E-state index contributed by atoms with van der Waals surface area (Å²) in [6.45, 7) is 1.75. The van der Waals surface area contributed by atoms with Gasteiger partial charge in [0.05, 0.1) is 36.1 Å². The molecular weight excluding hydrogens is 488 g/mol. The first-order chi connectivity index (χ1) is 18.0. The highest BCUT2D eigenvalue weighted by Gasteiger charge is 2.33. The summed E-state index contributed by atoms with van der Waals surface area (Å²) in [4.78, 5) is 31.6. The Morgan fingerprint density at radius 3 is 2.38 bits per heavy atom. The fourth-order valence-electron chi connectivity index (χ4n) is 4.24. The molecule has 1 aliphatic rings. The van der Waals surface area contributed by atoms with Crippen molar-refractivity contribution in [3.63, 3.8) is 0 Å². The van der Waals surface area contributed by atoms with E-state index in [4.69, 9.17) is 14.2 Å². The summed E-state index contributed by atoms with van der Waals surface area (Å²) in [5.41, 5.74) is 2.15. The van der Waals surface area contributed by atoms with Crippen molar-refractivity contribution >= 4 is 23.4 Å². The van der Waals surface area contributed by atoms with Crippen LogP contribution in [0.1, 0.15) is 24.1 Å². The summed E-state index contributed by atoms with van der Waals surface area (Å²) < 4.78 is 18.3. The van der Waals surface area contributed by atoms with Gasteiger partial charge in [-0.3, -0.25) is 9.36 Å². The number of carbonyl (C=O) groups excluding carboxylic acids is 1. The molecule has 4 aromatic rings. The average molecular weight is 513 g/mol. The number of allylic oxidation sites excluding steroid dienone is 1. The summed E-state index contributed by atoms with van der Waals surface area (Å²) in [7, 11) is 2.91. The summed E-state index contributed by atoms with van der Waals surface area (Å²) in [5, 5.41) is 0. The normalized spacial score (nSPS) is 15.1. The molecule has 0 spiro atoms. The molecule has 8 heteroatoms. The third kappa shape index (κ3) is 4.83. The Hall–Kier alpha value is -4.43. The molecule has 0 radical (unpaired) electrons. The van der Waals surface area contributed by atoms with E-state index >= 15 is 0 Å². The Morgan fingerprint density at radius 1 is 0.946 bits per heavy atom. The molecule has 1 atom stereocenters. The van der Waals surface area contributed by atoms with Crippen LogP contribution in [0, 0.1) is 0 Å². The predicted octanol–water partition coefficient (Wildman–Crippen LogP) is 4.21. The monoisotopic (exact) mass is 512 g/mol. The van der Waals surface area contributed by atoms with Crippen LogP contribution >= 0.6 is 11.3 Å². The van der Waals surface area contributed by atoms with Gasteiger partial charge in [-0.25, -0.2) is 9.79 Å². The van der Waals surface area contributed by atoms with E-state index in [-0.39, 0.29) is 5.56 Å². The standard InChI is InChI=1S/C29H24N2O5S/c1-18-25(28(33)35-3)26(20-12-14-21(34-2)15-13-20)31-27(32)24(37-29(31)30-18)17-19-8-7-11-23(16-19)36-22-9-5-4-6-10-22/h4-17,26H,1-3H3/b24-17-/t26-/m1/s1. The molecule has 0 saturated heterocycles. The first kappa shape index (κ1) is 24.3. The van der Waals surface area contributed by atoms with E-state index in [0.29, 0.717) is 32.1 Å². The minimum absolute atomic E-state index is 0.243. The lowest BCUT2D eigenvalue weighted by Gasteiger charge is -2.24. The lowest BCUT2D eigenvalue weighted by Crippen LogP contribution is -2.39. The van der Waals surface area contributed by atoms with Crippen LogP contribution < -0.4 is 24.4 Å². The quantitative estimate of drug-likeness (QED) is 0.362. The third-order valence-electron chi connectivity index (χ3n) is 5.99. The number of thiazole rings is 1. The molecule has 1 aromatic heterocycles. The molecule has 0 saturated carbocycles. The maximum Gasteiger partial charge on any atom is 0.338 e. The molecule has 0 bridgehead atoms. The number of nitrogens with zero attached hydrogens (tertiary/aromatic N) is 2. The smallest absolute Gasteiger partial charge is 0.338 e. The second-order valence-corrected chi connectivity index (χ2v) is 9.34. The largest absolute Gasteiger partial charge is 0.497 e. The molecule has 37 heavy (non-hydrogen) atoms. The van der Waals surface area contributed by atoms with E-state index in [0.717, 1.165) is 16.9 Å². The zero-order valence-electron chi connectivity index (χ0n) is 20.5. The van der Waals surface area contributed by atoms with Gasteiger partial charge in [-0.05, 0) is 60.5 Å². The van der Waals surface area contributed by atoms with Gasteiger partial charge in [0.2, 0.25) is 0 Å². The van der Waals surface area contributed by atoms with E-state index in [2.05, 4.69) is 4.99 Å². The number of ether oxygens (including phenoxy) is 3. The van der Waals surface area contributed by atoms with Crippen molar-refractivity contribution in [2.24, 2.45) is 4.99 Å². The van der Waals surface area contributed by atoms with E-state index < -0.39 is 12.0 Å². The SMILES string of the molecule is COC(=O)C1=C(C)N=c2s/c(=C\c3cccc(Oc4ccccc4)c3)c(=O)n2[C@@H]1c1ccc(OC)cc1. The van der Waals surface area contributed by atoms with Crippen LogP contribution in [0.5, 0.6) is 17.2 Å². The molecule has 3 aromatic carbocycles. The van der Waals surface area contributed by atoms with Gasteiger partial charge in [0, 0.05) is 0 Å². The summed E-state index contributed by atoms with van der Waals surface area (Å²) in [5.74, 6) is 1.54. The zero-order valence-corrected chi connectivity index (χ0v) is 21.3. The fraction of sp³-hybridized carbons (Fsp3) is 0.138. The number of para-hydroxylation sites is 1.